The van der Waals surface area contributed by atoms with Gasteiger partial charge < -0.3 is 29.7 Å². The summed E-state index contributed by atoms with van der Waals surface area (Å²) in [5, 5.41) is 33.3. The van der Waals surface area contributed by atoms with Gasteiger partial charge in [-0.2, -0.15) is 0 Å². The van der Waals surface area contributed by atoms with Gasteiger partial charge in [-0.25, -0.2) is 4.79 Å². The summed E-state index contributed by atoms with van der Waals surface area (Å²) in [7, 11) is 0. The number of carboxylic acids is 1. The number of ether oxygens (including phenoxy) is 2. The Morgan fingerprint density at radius 1 is 0.650 bits per heavy atom. The number of phenols is 1. The normalized spacial score (nSPS) is 15.0. The number of amides is 1. The zero-order valence-corrected chi connectivity index (χ0v) is 39.3. The summed E-state index contributed by atoms with van der Waals surface area (Å²) in [4.78, 5) is 26.9. The molecule has 3 aromatic rings. The molecule has 8 nitrogen and oxygen atoms in total. The molecule has 3 N–H and O–H groups in total. The highest BCUT2D eigenvalue weighted by Gasteiger charge is 2.28. The van der Waals surface area contributed by atoms with Gasteiger partial charge in [0.05, 0.1) is 6.10 Å². The van der Waals surface area contributed by atoms with Crippen LogP contribution < -0.4 is 9.47 Å². The monoisotopic (exact) mass is 824 g/mol. The summed E-state index contributed by atoms with van der Waals surface area (Å²) in [5.74, 6) is 0.0642. The van der Waals surface area contributed by atoms with Crippen molar-refractivity contribution in [2.24, 2.45) is 5.41 Å². The fraction of sp³-hybridized carbons (Fsp3) is 0.538. The largest absolute Gasteiger partial charge is 0.507 e. The van der Waals surface area contributed by atoms with E-state index in [1.165, 1.54) is 5.57 Å². The van der Waals surface area contributed by atoms with E-state index in [0.717, 1.165) is 44.5 Å². The number of aromatic hydroxyl groups is 1. The van der Waals surface area contributed by atoms with E-state index < -0.39 is 18.7 Å². The van der Waals surface area contributed by atoms with Crippen molar-refractivity contribution in [3.63, 3.8) is 0 Å². The number of aliphatic carboxylic acids is 1. The predicted octanol–water partition coefficient (Wildman–Crippen LogP) is 10.7. The van der Waals surface area contributed by atoms with Crippen LogP contribution in [0.15, 0.2) is 59.7 Å². The Morgan fingerprint density at radius 3 is 1.53 bits per heavy atom. The van der Waals surface area contributed by atoms with Crippen LogP contribution in [0.25, 0.3) is 0 Å². The molecule has 1 unspecified atom stereocenters. The first kappa shape index (κ1) is 48.1. The molecule has 60 heavy (non-hydrogen) atoms. The molecule has 1 aliphatic carbocycles. The van der Waals surface area contributed by atoms with Crippen molar-refractivity contribution in [3.05, 3.63) is 110 Å². The third kappa shape index (κ3) is 12.0. The molecule has 0 spiro atoms. The maximum absolute atomic E-state index is 13.5. The number of aryl methyl sites for hydroxylation is 1. The number of likely N-dealkylation sites (N-methyl/N-ethyl adjacent to an activating group) is 1. The fourth-order valence-corrected chi connectivity index (χ4v) is 7.72. The molecule has 0 heterocycles. The lowest BCUT2D eigenvalue weighted by Crippen LogP contribution is -2.34. The molecule has 1 aliphatic rings. The maximum atomic E-state index is 13.5. The molecule has 0 bridgehead atoms. The average molecular weight is 824 g/mol. The van der Waals surface area contributed by atoms with E-state index in [9.17, 15) is 24.9 Å². The molecule has 0 aliphatic heterocycles. The van der Waals surface area contributed by atoms with Crippen molar-refractivity contribution < 1.29 is 34.4 Å². The quantitative estimate of drug-likeness (QED) is 0.148. The lowest BCUT2D eigenvalue weighted by atomic mass is 9.78. The van der Waals surface area contributed by atoms with Crippen LogP contribution in [0, 0.1) is 12.3 Å². The van der Waals surface area contributed by atoms with Gasteiger partial charge in [0.15, 0.2) is 13.2 Å². The van der Waals surface area contributed by atoms with E-state index in [1.807, 2.05) is 32.9 Å². The molecule has 3 aromatic carbocycles. The number of hydrogen-bond acceptors (Lipinski definition) is 6. The SMILES string of the molecule is CCN(CC)C(=O)COc1c(CC2=CC(C(C)(C)C)=CCC2O)cc(C(C)(C)C)cc1Cc1cc(C(C)(C)C)cc(Cc2cc(C(C)(C)C)cc(C)c2OCC(=O)O)c1O. The summed E-state index contributed by atoms with van der Waals surface area (Å²) >= 11 is 0. The Bertz CT molecular complexity index is 2110. The van der Waals surface area contributed by atoms with Crippen molar-refractivity contribution >= 4 is 11.9 Å². The highest BCUT2D eigenvalue weighted by molar-refractivity contribution is 5.78. The number of rotatable bonds is 14. The van der Waals surface area contributed by atoms with E-state index in [2.05, 4.69) is 120 Å². The summed E-state index contributed by atoms with van der Waals surface area (Å²) in [6, 6.07) is 12.5. The molecule has 1 atom stereocenters. The molecule has 0 fully saturated rings. The Hall–Kier alpha value is -4.56. The number of allylic oxidation sites excluding steroid dienone is 2. The Labute approximate surface area is 360 Å². The number of hydrogen-bond donors (Lipinski definition) is 3. The number of aliphatic hydroxyl groups is 1. The smallest absolute Gasteiger partial charge is 0.341 e. The standard InChI is InChI=1S/C52H73NO7/c1-16-53(17-2)44(55)30-59-48-37(21-33-24-39(49(4,5)6)18-19-43(33)54)28-42(52(13,14)15)29-38(48)23-35-26-41(51(10,11)12)25-34(46(35)58)22-36-27-40(50(7,8)9)20-32(3)47(36)60-31-45(56)57/h18,20,24-29,43,54,58H,16-17,19,21-23,30-31H2,1-15H3,(H,56,57). The van der Waals surface area contributed by atoms with Crippen molar-refractivity contribution in [2.75, 3.05) is 26.3 Å². The van der Waals surface area contributed by atoms with Gasteiger partial charge in [0.25, 0.3) is 5.91 Å². The van der Waals surface area contributed by atoms with Gasteiger partial charge in [0.2, 0.25) is 0 Å². The van der Waals surface area contributed by atoms with Crippen LogP contribution in [-0.4, -0.2) is 64.5 Å². The van der Waals surface area contributed by atoms with E-state index >= 15 is 0 Å². The number of carboxylic acid groups (broad SMARTS) is 1. The summed E-state index contributed by atoms with van der Waals surface area (Å²) in [6.45, 7) is 32.3. The van der Waals surface area contributed by atoms with Crippen LogP contribution in [0.4, 0.5) is 0 Å². The van der Waals surface area contributed by atoms with Crippen molar-refractivity contribution in [1.82, 2.24) is 4.90 Å². The molecule has 4 rings (SSSR count). The lowest BCUT2D eigenvalue weighted by Gasteiger charge is -2.29. The minimum Gasteiger partial charge on any atom is -0.507 e. The maximum Gasteiger partial charge on any atom is 0.341 e. The Morgan fingerprint density at radius 2 is 1.08 bits per heavy atom. The second-order valence-corrected chi connectivity index (χ2v) is 20.7. The van der Waals surface area contributed by atoms with E-state index in [0.29, 0.717) is 61.4 Å². The highest BCUT2D eigenvalue weighted by Crippen LogP contribution is 2.42. The minimum absolute atomic E-state index is 0.0947. The Kier molecular flexibility index (Phi) is 14.9. The van der Waals surface area contributed by atoms with Gasteiger partial charge in [0.1, 0.15) is 17.2 Å². The number of carbonyl (C=O) groups is 2. The summed E-state index contributed by atoms with van der Waals surface area (Å²) < 4.78 is 12.6. The Balaban J connectivity index is 1.98. The zero-order chi connectivity index (χ0) is 45.1. The lowest BCUT2D eigenvalue weighted by molar-refractivity contribution is -0.139. The van der Waals surface area contributed by atoms with Crippen LogP contribution in [0.5, 0.6) is 17.2 Å². The number of benzene rings is 3. The van der Waals surface area contributed by atoms with Crippen LogP contribution in [0.3, 0.4) is 0 Å². The molecular formula is C52H73NO7. The van der Waals surface area contributed by atoms with Crippen molar-refractivity contribution in [2.45, 2.75) is 152 Å². The third-order valence-corrected chi connectivity index (χ3v) is 11.6. The molecule has 1 amide bonds. The van der Waals surface area contributed by atoms with Crippen LogP contribution in [0.1, 0.15) is 153 Å². The van der Waals surface area contributed by atoms with E-state index in [1.54, 1.807) is 4.90 Å². The number of carbonyl (C=O) groups excluding carboxylic acids is 1. The van der Waals surface area contributed by atoms with Gasteiger partial charge in [-0.15, -0.1) is 0 Å². The minimum atomic E-state index is -1.06. The second kappa shape index (κ2) is 18.6. The molecular weight excluding hydrogens is 751 g/mol. The van der Waals surface area contributed by atoms with Gasteiger partial charge in [-0.05, 0) is 116 Å². The number of aliphatic hydroxyl groups excluding tert-OH is 1. The van der Waals surface area contributed by atoms with E-state index in [-0.39, 0.29) is 39.9 Å². The van der Waals surface area contributed by atoms with Gasteiger partial charge >= 0.3 is 5.97 Å². The van der Waals surface area contributed by atoms with E-state index in [4.69, 9.17) is 9.47 Å². The molecule has 328 valence electrons. The summed E-state index contributed by atoms with van der Waals surface area (Å²) in [6.07, 6.45) is 5.18. The first-order chi connectivity index (χ1) is 27.6. The molecule has 8 heteroatoms. The third-order valence-electron chi connectivity index (χ3n) is 11.6. The summed E-state index contributed by atoms with van der Waals surface area (Å²) in [5.41, 5.74) is 9.22. The van der Waals surface area contributed by atoms with Crippen molar-refractivity contribution in [1.29, 1.82) is 0 Å². The van der Waals surface area contributed by atoms with Gasteiger partial charge in [-0.3, -0.25) is 4.79 Å². The fourth-order valence-electron chi connectivity index (χ4n) is 7.72. The van der Waals surface area contributed by atoms with Crippen LogP contribution in [-0.2, 0) is 45.1 Å². The number of nitrogens with zero attached hydrogens (tertiary/aromatic N) is 1. The average Bonchev–Trinajstić information content (AvgIpc) is 3.11. The predicted molar refractivity (Wildman–Crippen MR) is 244 cm³/mol. The first-order valence-electron chi connectivity index (χ1n) is 21.6. The van der Waals surface area contributed by atoms with Crippen molar-refractivity contribution in [3.8, 4) is 17.2 Å². The van der Waals surface area contributed by atoms with Crippen LogP contribution in [0.2, 0.25) is 0 Å². The molecule has 0 radical (unpaired) electrons. The van der Waals surface area contributed by atoms with Gasteiger partial charge in [-0.1, -0.05) is 132 Å². The molecule has 0 saturated heterocycles. The topological polar surface area (TPSA) is 117 Å². The number of phenolic OH excluding ortho intramolecular Hbond substituents is 1. The van der Waals surface area contributed by atoms with Gasteiger partial charge in [0, 0.05) is 25.9 Å². The second-order valence-electron chi connectivity index (χ2n) is 20.7. The molecule has 0 aromatic heterocycles. The first-order valence-corrected chi connectivity index (χ1v) is 21.6. The zero-order valence-electron chi connectivity index (χ0n) is 39.3. The van der Waals surface area contributed by atoms with Crippen LogP contribution >= 0.6 is 0 Å². The highest BCUT2D eigenvalue weighted by atomic mass is 16.5. The molecule has 0 saturated carbocycles.